The molecule has 0 bridgehead atoms. The van der Waals surface area contributed by atoms with Gasteiger partial charge in [0.25, 0.3) is 11.8 Å². The second kappa shape index (κ2) is 8.73. The van der Waals surface area contributed by atoms with Crippen LogP contribution in [0, 0.1) is 3.57 Å². The third kappa shape index (κ3) is 4.68. The summed E-state index contributed by atoms with van der Waals surface area (Å²) in [6.45, 7) is 3.26. The van der Waals surface area contributed by atoms with Crippen molar-refractivity contribution in [2.24, 2.45) is 0 Å². The van der Waals surface area contributed by atoms with Gasteiger partial charge in [-0.05, 0) is 74.5 Å². The summed E-state index contributed by atoms with van der Waals surface area (Å²) in [5.41, 5.74) is 0.496. The molecule has 0 radical (unpaired) electrons. The lowest BCUT2D eigenvalue weighted by Gasteiger charge is -2.27. The zero-order valence-electron chi connectivity index (χ0n) is 13.1. The van der Waals surface area contributed by atoms with Crippen LogP contribution in [0.5, 0.6) is 5.75 Å². The van der Waals surface area contributed by atoms with E-state index >= 15 is 0 Å². The van der Waals surface area contributed by atoms with Crippen LogP contribution in [0.15, 0.2) is 34.8 Å². The van der Waals surface area contributed by atoms with Crippen LogP contribution in [0.25, 0.3) is 6.08 Å². The highest BCUT2D eigenvalue weighted by molar-refractivity contribution is 14.1. The van der Waals surface area contributed by atoms with E-state index in [0.717, 1.165) is 0 Å². The van der Waals surface area contributed by atoms with Crippen LogP contribution in [-0.4, -0.2) is 46.1 Å². The van der Waals surface area contributed by atoms with Gasteiger partial charge in [0.1, 0.15) is 11.3 Å². The summed E-state index contributed by atoms with van der Waals surface area (Å²) in [4.78, 5) is 36.5. The lowest BCUT2D eigenvalue weighted by molar-refractivity contribution is -0.139. The molecular formula is C16H12BrIN2O5S. The highest BCUT2D eigenvalue weighted by Gasteiger charge is 2.32. The Morgan fingerprint density at radius 1 is 1.46 bits per heavy atom. The summed E-state index contributed by atoms with van der Waals surface area (Å²) < 4.78 is 6.34. The highest BCUT2D eigenvalue weighted by Crippen LogP contribution is 2.33. The van der Waals surface area contributed by atoms with E-state index in [1.807, 2.05) is 22.6 Å². The number of aliphatic carboxylic acids is 1. The van der Waals surface area contributed by atoms with E-state index in [0.29, 0.717) is 19.4 Å². The lowest BCUT2D eigenvalue weighted by Crippen LogP contribution is -2.53. The van der Waals surface area contributed by atoms with Crippen molar-refractivity contribution < 1.29 is 24.2 Å². The Labute approximate surface area is 176 Å². The lowest BCUT2D eigenvalue weighted by atomic mass is 10.1. The average Bonchev–Trinajstić information content (AvgIpc) is 2.54. The molecule has 1 saturated heterocycles. The molecule has 2 amide bonds. The number of carboxylic acid groups (broad SMARTS) is 1. The van der Waals surface area contributed by atoms with Crippen LogP contribution in [0.3, 0.4) is 0 Å². The molecule has 7 nitrogen and oxygen atoms in total. The summed E-state index contributed by atoms with van der Waals surface area (Å²) in [6.07, 6.45) is 2.94. The molecule has 0 aromatic heterocycles. The maximum atomic E-state index is 12.5. The topological polar surface area (TPSA) is 95.9 Å². The van der Waals surface area contributed by atoms with E-state index in [1.165, 1.54) is 17.1 Å². The SMILES string of the molecule is C=CCN1C(=O)/C(=C/c2cc(Br)c(OCC(=O)O)c(I)c2)C(=O)NC1=S. The number of ether oxygens (including phenoxy) is 1. The molecule has 0 atom stereocenters. The van der Waals surface area contributed by atoms with Gasteiger partial charge in [-0.1, -0.05) is 6.08 Å². The average molecular weight is 551 g/mol. The summed E-state index contributed by atoms with van der Waals surface area (Å²) in [7, 11) is 0. The molecule has 0 spiro atoms. The summed E-state index contributed by atoms with van der Waals surface area (Å²) in [5, 5.41) is 11.2. The molecule has 0 aliphatic carbocycles. The minimum absolute atomic E-state index is 0.0326. The zero-order chi connectivity index (χ0) is 19.4. The minimum atomic E-state index is -1.10. The maximum Gasteiger partial charge on any atom is 0.341 e. The first-order valence-corrected chi connectivity index (χ1v) is 9.36. The van der Waals surface area contributed by atoms with E-state index < -0.39 is 24.4 Å². The third-order valence-electron chi connectivity index (χ3n) is 3.17. The second-order valence-corrected chi connectivity index (χ2v) is 7.42. The molecule has 1 aromatic rings. The number of thiocarbonyl (C=S) groups is 1. The van der Waals surface area contributed by atoms with Gasteiger partial charge < -0.3 is 9.84 Å². The Hall–Kier alpha value is -1.79. The monoisotopic (exact) mass is 550 g/mol. The van der Waals surface area contributed by atoms with Gasteiger partial charge in [0.05, 0.1) is 8.04 Å². The zero-order valence-corrected chi connectivity index (χ0v) is 17.7. The van der Waals surface area contributed by atoms with Gasteiger partial charge in [-0.15, -0.1) is 6.58 Å². The standard InChI is InChI=1S/C16H12BrIN2O5S/c1-2-3-20-15(24)9(14(23)19-16(20)26)4-8-5-10(17)13(11(18)6-8)25-7-12(21)22/h2,4-6H,1,3,7H2,(H,21,22)(H,19,23,26)/b9-4+. The first kappa shape index (κ1) is 20.5. The predicted octanol–water partition coefficient (Wildman–Crippen LogP) is 2.33. The van der Waals surface area contributed by atoms with Crippen molar-refractivity contribution in [1.82, 2.24) is 10.2 Å². The van der Waals surface area contributed by atoms with Crippen LogP contribution in [0.1, 0.15) is 5.56 Å². The number of carboxylic acids is 1. The fourth-order valence-electron chi connectivity index (χ4n) is 2.09. The second-order valence-electron chi connectivity index (χ2n) is 5.02. The van der Waals surface area contributed by atoms with Crippen molar-refractivity contribution in [3.05, 3.63) is 44.0 Å². The van der Waals surface area contributed by atoms with Crippen molar-refractivity contribution in [2.45, 2.75) is 0 Å². The van der Waals surface area contributed by atoms with Gasteiger partial charge in [-0.25, -0.2) is 4.79 Å². The number of carbonyl (C=O) groups is 3. The van der Waals surface area contributed by atoms with Crippen LogP contribution >= 0.6 is 50.7 Å². The molecule has 2 rings (SSSR count). The molecule has 1 fully saturated rings. The first-order chi connectivity index (χ1) is 12.2. The molecule has 10 heteroatoms. The van der Waals surface area contributed by atoms with Crippen LogP contribution in [-0.2, 0) is 14.4 Å². The number of amides is 2. The Balaban J connectivity index is 2.37. The van der Waals surface area contributed by atoms with Crippen molar-refractivity contribution in [1.29, 1.82) is 0 Å². The smallest absolute Gasteiger partial charge is 0.341 e. The molecule has 1 heterocycles. The number of halogens is 2. The summed E-state index contributed by atoms with van der Waals surface area (Å²) >= 11 is 10.3. The predicted molar refractivity (Wildman–Crippen MR) is 111 cm³/mol. The van der Waals surface area contributed by atoms with Gasteiger partial charge in [-0.2, -0.15) is 0 Å². The van der Waals surface area contributed by atoms with E-state index in [1.54, 1.807) is 12.1 Å². The van der Waals surface area contributed by atoms with Gasteiger partial charge in [0.15, 0.2) is 11.7 Å². The van der Waals surface area contributed by atoms with E-state index in [4.69, 9.17) is 22.1 Å². The third-order valence-corrected chi connectivity index (χ3v) is 4.88. The number of nitrogens with zero attached hydrogens (tertiary/aromatic N) is 1. The Kier molecular flexibility index (Phi) is 6.89. The number of hydrogen-bond donors (Lipinski definition) is 2. The minimum Gasteiger partial charge on any atom is -0.480 e. The Morgan fingerprint density at radius 3 is 2.73 bits per heavy atom. The largest absolute Gasteiger partial charge is 0.480 e. The van der Waals surface area contributed by atoms with Crippen LogP contribution in [0.2, 0.25) is 0 Å². The quantitative estimate of drug-likeness (QED) is 0.186. The van der Waals surface area contributed by atoms with Gasteiger partial charge >= 0.3 is 5.97 Å². The molecule has 1 aliphatic rings. The van der Waals surface area contributed by atoms with Gasteiger partial charge in [0.2, 0.25) is 0 Å². The Morgan fingerprint density at radius 2 is 2.15 bits per heavy atom. The maximum absolute atomic E-state index is 12.5. The van der Waals surface area contributed by atoms with Crippen molar-refractivity contribution in [3.63, 3.8) is 0 Å². The van der Waals surface area contributed by atoms with Crippen LogP contribution < -0.4 is 10.1 Å². The number of carbonyl (C=O) groups excluding carboxylic acids is 2. The van der Waals surface area contributed by atoms with Crippen molar-refractivity contribution in [3.8, 4) is 5.75 Å². The van der Waals surface area contributed by atoms with Gasteiger partial charge in [0, 0.05) is 6.54 Å². The van der Waals surface area contributed by atoms with E-state index in [-0.39, 0.29) is 17.2 Å². The fourth-order valence-corrected chi connectivity index (χ4v) is 4.11. The molecule has 0 saturated carbocycles. The Bertz CT molecular complexity index is 832. The van der Waals surface area contributed by atoms with Crippen molar-refractivity contribution in [2.75, 3.05) is 13.2 Å². The number of rotatable bonds is 6. The molecule has 1 aliphatic heterocycles. The molecular weight excluding hydrogens is 539 g/mol. The van der Waals surface area contributed by atoms with E-state index in [9.17, 15) is 14.4 Å². The number of nitrogens with one attached hydrogen (secondary N) is 1. The molecule has 0 unspecified atom stereocenters. The normalized spacial score (nSPS) is 15.8. The summed E-state index contributed by atoms with van der Waals surface area (Å²) in [5.74, 6) is -1.83. The fraction of sp³-hybridized carbons (Fsp3) is 0.125. The van der Waals surface area contributed by atoms with Crippen LogP contribution in [0.4, 0.5) is 0 Å². The summed E-state index contributed by atoms with van der Waals surface area (Å²) in [6, 6.07) is 3.29. The molecule has 26 heavy (non-hydrogen) atoms. The number of benzene rings is 1. The van der Waals surface area contributed by atoms with Gasteiger partial charge in [-0.3, -0.25) is 19.8 Å². The molecule has 2 N–H and O–H groups in total. The molecule has 1 aromatic carbocycles. The van der Waals surface area contributed by atoms with Crippen molar-refractivity contribution >= 4 is 79.7 Å². The first-order valence-electron chi connectivity index (χ1n) is 7.08. The van der Waals surface area contributed by atoms with E-state index in [2.05, 4.69) is 27.8 Å². The highest BCUT2D eigenvalue weighted by atomic mass is 127. The molecule has 136 valence electrons. The number of hydrogen-bond acceptors (Lipinski definition) is 5.